The Morgan fingerprint density at radius 1 is 1.08 bits per heavy atom. The number of hydrogen-bond acceptors (Lipinski definition) is 3. The predicted molar refractivity (Wildman–Crippen MR) is 101 cm³/mol. The Labute approximate surface area is 154 Å². The molecule has 4 heteroatoms. The van der Waals surface area contributed by atoms with Gasteiger partial charge in [0.2, 0.25) is 0 Å². The van der Waals surface area contributed by atoms with E-state index in [2.05, 4.69) is 6.07 Å². The van der Waals surface area contributed by atoms with Gasteiger partial charge in [0.15, 0.2) is 0 Å². The lowest BCUT2D eigenvalue weighted by Crippen LogP contribution is -2.41. The van der Waals surface area contributed by atoms with Gasteiger partial charge in [-0.15, -0.1) is 0 Å². The molecule has 1 amide bonds. The van der Waals surface area contributed by atoms with Gasteiger partial charge in [-0.3, -0.25) is 4.79 Å². The number of nitriles is 1. The smallest absolute Gasteiger partial charge is 0.253 e. The number of benzene rings is 2. The van der Waals surface area contributed by atoms with Gasteiger partial charge in [-0.1, -0.05) is 36.4 Å². The highest BCUT2D eigenvalue weighted by atomic mass is 16.3. The molecule has 0 saturated carbocycles. The van der Waals surface area contributed by atoms with Crippen LogP contribution in [-0.4, -0.2) is 29.0 Å². The summed E-state index contributed by atoms with van der Waals surface area (Å²) in [6.07, 6.45) is 0.975. The first-order valence-electron chi connectivity index (χ1n) is 9.01. The first kappa shape index (κ1) is 18.2. The van der Waals surface area contributed by atoms with E-state index in [-0.39, 0.29) is 11.3 Å². The SMILES string of the molecule is CC(O)c1ccc(-c2ccc(C(=O)N3CCC(C)(C#N)CC3)cc2)cc1. The Morgan fingerprint density at radius 2 is 1.58 bits per heavy atom. The van der Waals surface area contributed by atoms with Crippen LogP contribution in [0.1, 0.15) is 48.7 Å². The molecular formula is C22H24N2O2. The third-order valence-corrected chi connectivity index (χ3v) is 5.28. The van der Waals surface area contributed by atoms with E-state index in [4.69, 9.17) is 0 Å². The van der Waals surface area contributed by atoms with Crippen LogP contribution in [0.25, 0.3) is 11.1 Å². The zero-order valence-electron chi connectivity index (χ0n) is 15.3. The van der Waals surface area contributed by atoms with Gasteiger partial charge in [0, 0.05) is 18.7 Å². The molecule has 1 heterocycles. The fourth-order valence-electron chi connectivity index (χ4n) is 3.26. The minimum absolute atomic E-state index is 0.0287. The zero-order valence-corrected chi connectivity index (χ0v) is 15.3. The molecule has 0 spiro atoms. The second-order valence-electron chi connectivity index (χ2n) is 7.34. The molecule has 134 valence electrons. The maximum Gasteiger partial charge on any atom is 0.253 e. The molecule has 2 aromatic rings. The van der Waals surface area contributed by atoms with E-state index in [0.29, 0.717) is 18.7 Å². The van der Waals surface area contributed by atoms with Crippen molar-refractivity contribution in [2.75, 3.05) is 13.1 Å². The number of likely N-dealkylation sites (tertiary alicyclic amines) is 1. The number of carbonyl (C=O) groups excluding carboxylic acids is 1. The van der Waals surface area contributed by atoms with E-state index in [9.17, 15) is 15.2 Å². The molecule has 1 fully saturated rings. The maximum absolute atomic E-state index is 12.7. The molecule has 0 aliphatic carbocycles. The maximum atomic E-state index is 12.7. The third-order valence-electron chi connectivity index (χ3n) is 5.28. The fourth-order valence-corrected chi connectivity index (χ4v) is 3.26. The highest BCUT2D eigenvalue weighted by molar-refractivity contribution is 5.94. The van der Waals surface area contributed by atoms with Gasteiger partial charge in [-0.25, -0.2) is 0 Å². The molecule has 1 saturated heterocycles. The third kappa shape index (κ3) is 3.79. The molecule has 1 unspecified atom stereocenters. The number of piperidine rings is 1. The normalized spacial score (nSPS) is 17.4. The average molecular weight is 348 g/mol. The second-order valence-corrected chi connectivity index (χ2v) is 7.34. The molecule has 3 rings (SSSR count). The van der Waals surface area contributed by atoms with E-state index in [1.807, 2.05) is 60.4 Å². The monoisotopic (exact) mass is 348 g/mol. The summed E-state index contributed by atoms with van der Waals surface area (Å²) in [5, 5.41) is 18.8. The number of rotatable bonds is 3. The first-order valence-corrected chi connectivity index (χ1v) is 9.01. The minimum Gasteiger partial charge on any atom is -0.389 e. The summed E-state index contributed by atoms with van der Waals surface area (Å²) in [4.78, 5) is 14.5. The van der Waals surface area contributed by atoms with Crippen LogP contribution in [0, 0.1) is 16.7 Å². The van der Waals surface area contributed by atoms with Crippen LogP contribution in [0.4, 0.5) is 0 Å². The van der Waals surface area contributed by atoms with Gasteiger partial charge in [-0.05, 0) is 55.5 Å². The van der Waals surface area contributed by atoms with Gasteiger partial charge >= 0.3 is 0 Å². The first-order chi connectivity index (χ1) is 12.4. The van der Waals surface area contributed by atoms with E-state index in [1.54, 1.807) is 6.92 Å². The molecule has 2 aromatic carbocycles. The van der Waals surface area contributed by atoms with E-state index in [0.717, 1.165) is 29.5 Å². The molecule has 26 heavy (non-hydrogen) atoms. The molecule has 1 N–H and O–H groups in total. The topological polar surface area (TPSA) is 64.3 Å². The van der Waals surface area contributed by atoms with Crippen molar-refractivity contribution in [3.8, 4) is 17.2 Å². The van der Waals surface area contributed by atoms with Crippen LogP contribution < -0.4 is 0 Å². The highest BCUT2D eigenvalue weighted by Gasteiger charge is 2.32. The average Bonchev–Trinajstić information content (AvgIpc) is 2.68. The number of nitrogens with zero attached hydrogens (tertiary/aromatic N) is 2. The Balaban J connectivity index is 1.69. The van der Waals surface area contributed by atoms with Crippen molar-refractivity contribution in [2.24, 2.45) is 5.41 Å². The van der Waals surface area contributed by atoms with Crippen LogP contribution in [0.15, 0.2) is 48.5 Å². The number of amides is 1. The van der Waals surface area contributed by atoms with E-state index < -0.39 is 6.10 Å². The summed E-state index contributed by atoms with van der Waals surface area (Å²) in [7, 11) is 0. The van der Waals surface area contributed by atoms with Gasteiger partial charge < -0.3 is 10.0 Å². The van der Waals surface area contributed by atoms with Crippen LogP contribution >= 0.6 is 0 Å². The molecule has 0 bridgehead atoms. The summed E-state index contributed by atoms with van der Waals surface area (Å²) in [5.41, 5.74) is 3.34. The van der Waals surface area contributed by atoms with Crippen LogP contribution in [0.3, 0.4) is 0 Å². The second kappa shape index (κ2) is 7.31. The molecular weight excluding hydrogens is 324 g/mol. The van der Waals surface area contributed by atoms with E-state index in [1.165, 1.54) is 0 Å². The lowest BCUT2D eigenvalue weighted by Gasteiger charge is -2.35. The molecule has 1 atom stereocenters. The van der Waals surface area contributed by atoms with Crippen LogP contribution in [0.2, 0.25) is 0 Å². The summed E-state index contributed by atoms with van der Waals surface area (Å²) in [6.45, 7) is 4.97. The summed E-state index contributed by atoms with van der Waals surface area (Å²) < 4.78 is 0. The van der Waals surface area contributed by atoms with Crippen molar-refractivity contribution in [1.29, 1.82) is 5.26 Å². The Bertz CT molecular complexity index is 809. The molecule has 1 aliphatic heterocycles. The van der Waals surface area contributed by atoms with Crippen molar-refractivity contribution in [1.82, 2.24) is 4.90 Å². The largest absolute Gasteiger partial charge is 0.389 e. The van der Waals surface area contributed by atoms with Gasteiger partial charge in [0.1, 0.15) is 0 Å². The summed E-state index contributed by atoms with van der Waals surface area (Å²) in [6, 6.07) is 17.8. The van der Waals surface area contributed by atoms with Crippen molar-refractivity contribution in [3.63, 3.8) is 0 Å². The van der Waals surface area contributed by atoms with Crippen molar-refractivity contribution >= 4 is 5.91 Å². The minimum atomic E-state index is -0.475. The van der Waals surface area contributed by atoms with Crippen LogP contribution in [-0.2, 0) is 0 Å². The molecule has 0 aromatic heterocycles. The van der Waals surface area contributed by atoms with Gasteiger partial charge in [0.25, 0.3) is 5.91 Å². The fraction of sp³-hybridized carbons (Fsp3) is 0.364. The van der Waals surface area contributed by atoms with Gasteiger partial charge in [0.05, 0.1) is 17.6 Å². The number of aliphatic hydroxyl groups is 1. The van der Waals surface area contributed by atoms with Crippen molar-refractivity contribution < 1.29 is 9.90 Å². The summed E-state index contributed by atoms with van der Waals surface area (Å²) in [5.74, 6) is 0.0287. The number of aliphatic hydroxyl groups excluding tert-OH is 1. The standard InChI is InChI=1S/C22H24N2O2/c1-16(25)17-3-5-18(6-4-17)19-7-9-20(10-8-19)21(26)24-13-11-22(2,15-23)12-14-24/h3-10,16,25H,11-14H2,1-2H3. The number of hydrogen-bond donors (Lipinski definition) is 1. The predicted octanol–water partition coefficient (Wildman–Crippen LogP) is 4.17. The Morgan fingerprint density at radius 3 is 2.04 bits per heavy atom. The van der Waals surface area contributed by atoms with Crippen LogP contribution in [0.5, 0.6) is 0 Å². The lowest BCUT2D eigenvalue weighted by atomic mass is 9.82. The lowest BCUT2D eigenvalue weighted by molar-refractivity contribution is 0.0661. The quantitative estimate of drug-likeness (QED) is 0.905. The molecule has 0 radical (unpaired) electrons. The Kier molecular flexibility index (Phi) is 5.11. The highest BCUT2D eigenvalue weighted by Crippen LogP contribution is 2.30. The number of carbonyl (C=O) groups is 1. The van der Waals surface area contributed by atoms with E-state index >= 15 is 0 Å². The van der Waals surface area contributed by atoms with Gasteiger partial charge in [-0.2, -0.15) is 5.26 Å². The Hall–Kier alpha value is -2.64. The van der Waals surface area contributed by atoms with Crippen molar-refractivity contribution in [3.05, 3.63) is 59.7 Å². The summed E-state index contributed by atoms with van der Waals surface area (Å²) >= 11 is 0. The van der Waals surface area contributed by atoms with Crippen molar-refractivity contribution in [2.45, 2.75) is 32.8 Å². The molecule has 4 nitrogen and oxygen atoms in total. The molecule has 1 aliphatic rings. The zero-order chi connectivity index (χ0) is 18.7.